The van der Waals surface area contributed by atoms with E-state index >= 15 is 0 Å². The Kier molecular flexibility index (Phi) is 9.93. The number of ether oxygens (including phenoxy) is 2. The van der Waals surface area contributed by atoms with E-state index in [1.165, 1.54) is 29.2 Å². The molecular formula is C18H24N3O8P. The first-order chi connectivity index (χ1) is 13.7. The van der Waals surface area contributed by atoms with Crippen LogP contribution in [0.5, 0.6) is 5.75 Å². The molecule has 0 radical (unpaired) electrons. The number of benzene rings is 1. The average Bonchev–Trinajstić information content (AvgIpc) is 2.67. The molecule has 2 aromatic rings. The smallest absolute Gasteiger partial charge is 0.412 e. The van der Waals surface area contributed by atoms with Crippen molar-refractivity contribution in [3.05, 3.63) is 59.9 Å². The van der Waals surface area contributed by atoms with Gasteiger partial charge in [-0.3, -0.25) is 14.3 Å². The van der Waals surface area contributed by atoms with Gasteiger partial charge in [0.1, 0.15) is 5.75 Å². The van der Waals surface area contributed by atoms with Crippen molar-refractivity contribution in [2.45, 2.75) is 12.8 Å². The Morgan fingerprint density at radius 3 is 2.47 bits per heavy atom. The molecular weight excluding hydrogens is 417 g/mol. The van der Waals surface area contributed by atoms with E-state index in [0.717, 1.165) is 5.69 Å². The largest absolute Gasteiger partial charge is 0.746 e. The van der Waals surface area contributed by atoms with Crippen molar-refractivity contribution in [2.24, 2.45) is 0 Å². The van der Waals surface area contributed by atoms with Crippen molar-refractivity contribution in [1.82, 2.24) is 16.0 Å². The summed E-state index contributed by atoms with van der Waals surface area (Å²) >= 11 is 0. The van der Waals surface area contributed by atoms with E-state index in [2.05, 4.69) is 9.51 Å². The molecule has 5 N–H and O–H groups in total. The predicted molar refractivity (Wildman–Crippen MR) is 105 cm³/mol. The molecule has 164 valence electrons. The Morgan fingerprint density at radius 1 is 1.17 bits per heavy atom. The lowest BCUT2D eigenvalue weighted by atomic mass is 10.1. The zero-order valence-electron chi connectivity index (χ0n) is 16.6. The molecule has 0 aliphatic heterocycles. The number of aromatic nitrogens is 1. The van der Waals surface area contributed by atoms with E-state index in [-0.39, 0.29) is 18.3 Å². The molecule has 0 saturated carbocycles. The summed E-state index contributed by atoms with van der Waals surface area (Å²) in [6.07, 6.45) is 1.47. The molecule has 11 nitrogen and oxygen atoms in total. The Bertz CT molecular complexity index is 857. The lowest BCUT2D eigenvalue weighted by Gasteiger charge is -2.17. The Morgan fingerprint density at radius 2 is 1.87 bits per heavy atom. The van der Waals surface area contributed by atoms with Crippen LogP contribution in [0.25, 0.3) is 0 Å². The van der Waals surface area contributed by atoms with Gasteiger partial charge in [0.15, 0.2) is 0 Å². The van der Waals surface area contributed by atoms with E-state index in [0.29, 0.717) is 18.5 Å². The third-order valence-electron chi connectivity index (χ3n) is 3.64. The topological polar surface area (TPSA) is 175 Å². The van der Waals surface area contributed by atoms with Crippen LogP contribution in [0.3, 0.4) is 0 Å². The molecule has 1 heterocycles. The number of carbonyl (C=O) groups is 2. The highest BCUT2D eigenvalue weighted by molar-refractivity contribution is 7.45. The van der Waals surface area contributed by atoms with Gasteiger partial charge < -0.3 is 34.8 Å². The van der Waals surface area contributed by atoms with Crippen LogP contribution >= 0.6 is 7.82 Å². The zero-order valence-corrected chi connectivity index (χ0v) is 17.5. The van der Waals surface area contributed by atoms with Gasteiger partial charge in [0.05, 0.1) is 6.42 Å². The summed E-state index contributed by atoms with van der Waals surface area (Å²) in [6.45, 7) is -0.140. The summed E-state index contributed by atoms with van der Waals surface area (Å²) in [5.41, 5.74) is 1.35. The fraction of sp³-hybridized carbons (Fsp3) is 0.278. The summed E-state index contributed by atoms with van der Waals surface area (Å²) in [5, 5.41) is 0. The lowest BCUT2D eigenvalue weighted by molar-refractivity contribution is -0.211. The second-order valence-corrected chi connectivity index (χ2v) is 7.04. The number of pyridine rings is 1. The summed E-state index contributed by atoms with van der Waals surface area (Å²) in [4.78, 5) is 48.4. The Labute approximate surface area is 173 Å². The van der Waals surface area contributed by atoms with Crippen molar-refractivity contribution >= 4 is 19.9 Å². The number of hydrogen-bond acceptors (Lipinski definition) is 8. The SMILES string of the molecule is CN(CCc1ccccn1)C(=O)OCOC(=O)Cc1ccc(OP(=O)([O-])O)cc1.[NH4+]. The van der Waals surface area contributed by atoms with Crippen LogP contribution in [-0.4, -0.2) is 47.2 Å². The molecule has 12 heteroatoms. The molecule has 1 unspecified atom stereocenters. The first-order valence-corrected chi connectivity index (χ1v) is 9.98. The predicted octanol–water partition coefficient (Wildman–Crippen LogP) is 1.65. The summed E-state index contributed by atoms with van der Waals surface area (Å²) in [7, 11) is -3.32. The van der Waals surface area contributed by atoms with Crippen molar-refractivity contribution in [3.63, 3.8) is 0 Å². The maximum Gasteiger partial charge on any atom is 0.412 e. The normalized spacial score (nSPS) is 12.1. The maximum atomic E-state index is 11.9. The number of amides is 1. The van der Waals surface area contributed by atoms with Crippen LogP contribution in [0.15, 0.2) is 48.7 Å². The first kappa shape index (κ1) is 25.1. The highest BCUT2D eigenvalue weighted by Gasteiger charge is 2.12. The second-order valence-electron chi connectivity index (χ2n) is 5.92. The number of phosphoric acid groups is 1. The minimum Gasteiger partial charge on any atom is -0.746 e. The third-order valence-corrected chi connectivity index (χ3v) is 4.08. The van der Waals surface area contributed by atoms with Gasteiger partial charge in [0, 0.05) is 31.9 Å². The number of rotatable bonds is 9. The number of likely N-dealkylation sites (N-methyl/N-ethyl adjacent to an activating group) is 1. The molecule has 0 saturated heterocycles. The Hall–Kier alpha value is -2.98. The number of carbonyl (C=O) groups excluding carboxylic acids is 2. The molecule has 30 heavy (non-hydrogen) atoms. The quantitative estimate of drug-likeness (QED) is 0.333. The number of nitrogens with zero attached hydrogens (tertiary/aromatic N) is 2. The number of esters is 1. The molecule has 0 aliphatic carbocycles. The highest BCUT2D eigenvalue weighted by Crippen LogP contribution is 2.32. The van der Waals surface area contributed by atoms with E-state index in [4.69, 9.17) is 14.4 Å². The number of quaternary nitrogens is 1. The molecule has 0 fully saturated rings. The molecule has 1 aromatic carbocycles. The molecule has 1 aromatic heterocycles. The fourth-order valence-electron chi connectivity index (χ4n) is 2.19. The van der Waals surface area contributed by atoms with E-state index in [1.807, 2.05) is 12.1 Å². The summed E-state index contributed by atoms with van der Waals surface area (Å²) < 4.78 is 24.7. The third kappa shape index (κ3) is 9.48. The van der Waals surface area contributed by atoms with Crippen molar-refractivity contribution in [3.8, 4) is 5.75 Å². The van der Waals surface area contributed by atoms with Gasteiger partial charge in [-0.05, 0) is 29.8 Å². The summed E-state index contributed by atoms with van der Waals surface area (Å²) in [5.74, 6) is -0.732. The number of phosphoric ester groups is 1. The lowest BCUT2D eigenvalue weighted by Crippen LogP contribution is -2.30. The van der Waals surface area contributed by atoms with Crippen molar-refractivity contribution < 1.29 is 37.9 Å². The van der Waals surface area contributed by atoms with Crippen LogP contribution < -0.4 is 15.6 Å². The standard InChI is InChI=1S/C18H21N2O8P.H3N/c1-20(11-9-15-4-2-3-10-19-15)18(22)27-13-26-17(21)12-14-5-7-16(8-6-14)28-29(23,24)25;/h2-8,10H,9,11-13H2,1H3,(H2,23,24,25);1H3. The van der Waals surface area contributed by atoms with Crippen LogP contribution in [0.1, 0.15) is 11.3 Å². The van der Waals surface area contributed by atoms with Gasteiger partial charge in [0.2, 0.25) is 6.79 Å². The molecule has 0 bridgehead atoms. The van der Waals surface area contributed by atoms with Crippen molar-refractivity contribution in [2.75, 3.05) is 20.4 Å². The van der Waals surface area contributed by atoms with E-state index < -0.39 is 26.7 Å². The molecule has 0 spiro atoms. The minimum absolute atomic E-state index is 0. The van der Waals surface area contributed by atoms with E-state index in [1.54, 1.807) is 19.3 Å². The second kappa shape index (κ2) is 11.9. The van der Waals surface area contributed by atoms with Gasteiger partial charge in [-0.1, -0.05) is 18.2 Å². The van der Waals surface area contributed by atoms with Crippen LogP contribution in [0, 0.1) is 0 Å². The van der Waals surface area contributed by atoms with Crippen LogP contribution in [-0.2, 0) is 31.7 Å². The van der Waals surface area contributed by atoms with E-state index in [9.17, 15) is 19.0 Å². The Balaban J connectivity index is 0.00000450. The average molecular weight is 441 g/mol. The molecule has 0 aliphatic rings. The van der Waals surface area contributed by atoms with Crippen molar-refractivity contribution in [1.29, 1.82) is 0 Å². The molecule has 1 atom stereocenters. The van der Waals surface area contributed by atoms with Crippen LogP contribution in [0.4, 0.5) is 4.79 Å². The monoisotopic (exact) mass is 441 g/mol. The van der Waals surface area contributed by atoms with Gasteiger partial charge in [-0.25, -0.2) is 4.79 Å². The van der Waals surface area contributed by atoms with Gasteiger partial charge >= 0.3 is 19.9 Å². The maximum absolute atomic E-state index is 11.9. The molecule has 2 rings (SSSR count). The van der Waals surface area contributed by atoms with Crippen LogP contribution in [0.2, 0.25) is 0 Å². The molecule has 1 amide bonds. The first-order valence-electron chi connectivity index (χ1n) is 8.49. The number of hydrogen-bond donors (Lipinski definition) is 2. The van der Waals surface area contributed by atoms with Gasteiger partial charge in [-0.2, -0.15) is 0 Å². The minimum atomic E-state index is -4.88. The van der Waals surface area contributed by atoms with Gasteiger partial charge in [0.25, 0.3) is 0 Å². The highest BCUT2D eigenvalue weighted by atomic mass is 31.2. The summed E-state index contributed by atoms with van der Waals surface area (Å²) in [6, 6.07) is 10.9. The fourth-order valence-corrected chi connectivity index (χ4v) is 2.58. The zero-order chi connectivity index (χ0) is 21.3. The van der Waals surface area contributed by atoms with Gasteiger partial charge in [-0.15, -0.1) is 0 Å².